The molecule has 87 valence electrons. The monoisotopic (exact) mass is 227 g/mol. The lowest BCUT2D eigenvalue weighted by Crippen LogP contribution is -2.07. The molecule has 0 aliphatic rings. The van der Waals surface area contributed by atoms with Gasteiger partial charge in [0.15, 0.2) is 0 Å². The number of benzene rings is 2. The van der Waals surface area contributed by atoms with Gasteiger partial charge in [-0.1, -0.05) is 60.7 Å². The molecule has 0 fully saturated rings. The third kappa shape index (κ3) is 3.41. The van der Waals surface area contributed by atoms with E-state index in [0.29, 0.717) is 12.9 Å². The Hall–Kier alpha value is -1.64. The van der Waals surface area contributed by atoms with Crippen LogP contribution in [0.3, 0.4) is 0 Å². The van der Waals surface area contributed by atoms with E-state index in [0.717, 1.165) is 11.1 Å². The van der Waals surface area contributed by atoms with Gasteiger partial charge in [-0.2, -0.15) is 0 Å². The minimum atomic E-state index is 0.513. The Morgan fingerprint density at radius 2 is 1.47 bits per heavy atom. The first kappa shape index (κ1) is 11.8. The largest absolute Gasteiger partial charge is 0.345 e. The second kappa shape index (κ2) is 6.18. The van der Waals surface area contributed by atoms with Gasteiger partial charge in [-0.3, -0.25) is 0 Å². The fourth-order valence-electron chi connectivity index (χ4n) is 1.56. The summed E-state index contributed by atoms with van der Waals surface area (Å²) < 4.78 is 10.9. The van der Waals surface area contributed by atoms with Gasteiger partial charge in [0.05, 0.1) is 6.61 Å². The van der Waals surface area contributed by atoms with E-state index in [-0.39, 0.29) is 0 Å². The summed E-state index contributed by atoms with van der Waals surface area (Å²) in [5.41, 5.74) is 2.07. The molecule has 0 atom stereocenters. The molecular formula is C15H15O2. The van der Waals surface area contributed by atoms with Crippen LogP contribution in [0.25, 0.3) is 0 Å². The molecular weight excluding hydrogens is 212 g/mol. The Labute approximate surface area is 102 Å². The molecule has 0 N–H and O–H groups in total. The summed E-state index contributed by atoms with van der Waals surface area (Å²) in [6, 6.07) is 19.8. The molecule has 0 spiro atoms. The van der Waals surface area contributed by atoms with Crippen molar-refractivity contribution in [3.63, 3.8) is 0 Å². The third-order valence-corrected chi connectivity index (χ3v) is 2.41. The van der Waals surface area contributed by atoms with E-state index < -0.39 is 0 Å². The number of rotatable bonds is 5. The third-order valence-electron chi connectivity index (χ3n) is 2.41. The minimum absolute atomic E-state index is 0.513. The highest BCUT2D eigenvalue weighted by Crippen LogP contribution is 2.18. The number of methoxy groups -OCH3 is 1. The van der Waals surface area contributed by atoms with E-state index in [1.54, 1.807) is 7.11 Å². The molecule has 0 aliphatic carbocycles. The highest BCUT2D eigenvalue weighted by atomic mass is 16.7. The SMILES string of the molecule is CO[C](OCc1ccccc1)c1ccccc1. The molecule has 17 heavy (non-hydrogen) atoms. The van der Waals surface area contributed by atoms with Crippen molar-refractivity contribution in [1.29, 1.82) is 0 Å². The average Bonchev–Trinajstić information content (AvgIpc) is 2.42. The molecule has 0 bridgehead atoms. The summed E-state index contributed by atoms with van der Waals surface area (Å²) in [4.78, 5) is 0. The smallest absolute Gasteiger partial charge is 0.256 e. The van der Waals surface area contributed by atoms with Gasteiger partial charge in [0, 0.05) is 12.7 Å². The van der Waals surface area contributed by atoms with E-state index in [9.17, 15) is 0 Å². The minimum Gasteiger partial charge on any atom is -0.345 e. The van der Waals surface area contributed by atoms with E-state index in [1.807, 2.05) is 60.7 Å². The molecule has 2 heteroatoms. The summed E-state index contributed by atoms with van der Waals surface area (Å²) >= 11 is 0. The van der Waals surface area contributed by atoms with Crippen molar-refractivity contribution in [1.82, 2.24) is 0 Å². The molecule has 2 nitrogen and oxygen atoms in total. The van der Waals surface area contributed by atoms with Crippen LogP contribution >= 0.6 is 0 Å². The number of hydrogen-bond acceptors (Lipinski definition) is 2. The van der Waals surface area contributed by atoms with Crippen LogP contribution in [0.15, 0.2) is 60.7 Å². The normalized spacial score (nSPS) is 10.7. The lowest BCUT2D eigenvalue weighted by atomic mass is 10.2. The van der Waals surface area contributed by atoms with Gasteiger partial charge in [0.25, 0.3) is 6.29 Å². The van der Waals surface area contributed by atoms with Crippen LogP contribution in [-0.2, 0) is 16.1 Å². The van der Waals surface area contributed by atoms with Crippen LogP contribution < -0.4 is 0 Å². The number of hydrogen-bond donors (Lipinski definition) is 0. The molecule has 0 unspecified atom stereocenters. The zero-order valence-corrected chi connectivity index (χ0v) is 9.80. The van der Waals surface area contributed by atoms with Gasteiger partial charge >= 0.3 is 0 Å². The van der Waals surface area contributed by atoms with Crippen LogP contribution in [0.1, 0.15) is 11.1 Å². The highest BCUT2D eigenvalue weighted by molar-refractivity contribution is 5.24. The van der Waals surface area contributed by atoms with Crippen LogP contribution in [0, 0.1) is 6.29 Å². The Morgan fingerprint density at radius 3 is 2.06 bits per heavy atom. The summed E-state index contributed by atoms with van der Waals surface area (Å²) in [5, 5.41) is 0. The topological polar surface area (TPSA) is 18.5 Å². The first-order chi connectivity index (χ1) is 8.40. The average molecular weight is 227 g/mol. The van der Waals surface area contributed by atoms with Crippen LogP contribution in [-0.4, -0.2) is 7.11 Å². The molecule has 0 saturated heterocycles. The summed E-state index contributed by atoms with van der Waals surface area (Å²) in [5.74, 6) is 0. The Morgan fingerprint density at radius 1 is 0.882 bits per heavy atom. The maximum Gasteiger partial charge on any atom is 0.256 e. The van der Waals surface area contributed by atoms with Crippen molar-refractivity contribution in [2.45, 2.75) is 6.61 Å². The van der Waals surface area contributed by atoms with Gasteiger partial charge in [-0.15, -0.1) is 0 Å². The van der Waals surface area contributed by atoms with Crippen molar-refractivity contribution < 1.29 is 9.47 Å². The summed E-state index contributed by atoms with van der Waals surface area (Å²) in [7, 11) is 1.62. The van der Waals surface area contributed by atoms with Crippen molar-refractivity contribution in [3.05, 3.63) is 78.1 Å². The quantitative estimate of drug-likeness (QED) is 0.779. The molecule has 0 aromatic heterocycles. The lowest BCUT2D eigenvalue weighted by molar-refractivity contribution is -0.0105. The standard InChI is InChI=1S/C15H15O2/c1-16-15(14-10-6-3-7-11-14)17-12-13-8-4-2-5-9-13/h2-11H,12H2,1H3. The Kier molecular flexibility index (Phi) is 4.30. The van der Waals surface area contributed by atoms with E-state index in [2.05, 4.69) is 0 Å². The second-order valence-electron chi connectivity index (χ2n) is 3.63. The fraction of sp³-hybridized carbons (Fsp3) is 0.133. The molecule has 0 heterocycles. The molecule has 1 radical (unpaired) electrons. The maximum atomic E-state index is 5.66. The van der Waals surface area contributed by atoms with Crippen molar-refractivity contribution in [2.75, 3.05) is 7.11 Å². The van der Waals surface area contributed by atoms with Crippen molar-refractivity contribution in [3.8, 4) is 0 Å². The molecule has 2 aromatic carbocycles. The Bertz CT molecular complexity index is 425. The van der Waals surface area contributed by atoms with Gasteiger partial charge in [-0.05, 0) is 5.56 Å². The molecule has 0 aliphatic heterocycles. The zero-order valence-electron chi connectivity index (χ0n) is 9.80. The summed E-state index contributed by atoms with van der Waals surface area (Å²) in [6.07, 6.45) is 0.550. The fourth-order valence-corrected chi connectivity index (χ4v) is 1.56. The maximum absolute atomic E-state index is 5.66. The lowest BCUT2D eigenvalue weighted by Gasteiger charge is -2.14. The Balaban J connectivity index is 1.97. The van der Waals surface area contributed by atoms with E-state index in [4.69, 9.17) is 9.47 Å². The number of ether oxygens (including phenoxy) is 2. The second-order valence-corrected chi connectivity index (χ2v) is 3.63. The van der Waals surface area contributed by atoms with E-state index >= 15 is 0 Å². The molecule has 2 aromatic rings. The molecule has 0 saturated carbocycles. The van der Waals surface area contributed by atoms with Gasteiger partial charge in [-0.25, -0.2) is 0 Å². The summed E-state index contributed by atoms with van der Waals surface area (Å²) in [6.45, 7) is 0.513. The van der Waals surface area contributed by atoms with Gasteiger partial charge in [0.2, 0.25) is 0 Å². The van der Waals surface area contributed by atoms with Crippen LogP contribution in [0.4, 0.5) is 0 Å². The first-order valence-electron chi connectivity index (χ1n) is 5.53. The zero-order chi connectivity index (χ0) is 11.9. The predicted molar refractivity (Wildman–Crippen MR) is 67.0 cm³/mol. The van der Waals surface area contributed by atoms with Crippen molar-refractivity contribution >= 4 is 0 Å². The van der Waals surface area contributed by atoms with Crippen LogP contribution in [0.5, 0.6) is 0 Å². The van der Waals surface area contributed by atoms with Crippen molar-refractivity contribution in [2.24, 2.45) is 0 Å². The highest BCUT2D eigenvalue weighted by Gasteiger charge is 2.12. The van der Waals surface area contributed by atoms with E-state index in [1.165, 1.54) is 0 Å². The van der Waals surface area contributed by atoms with Gasteiger partial charge in [0.1, 0.15) is 0 Å². The van der Waals surface area contributed by atoms with Crippen LogP contribution in [0.2, 0.25) is 0 Å². The van der Waals surface area contributed by atoms with Gasteiger partial charge < -0.3 is 9.47 Å². The molecule has 0 amide bonds. The first-order valence-corrected chi connectivity index (χ1v) is 5.53. The molecule has 2 rings (SSSR count). The predicted octanol–water partition coefficient (Wildman–Crippen LogP) is 3.39.